The first-order valence-electron chi connectivity index (χ1n) is 7.24. The van der Waals surface area contributed by atoms with Crippen LogP contribution < -0.4 is 5.32 Å². The van der Waals surface area contributed by atoms with Crippen LogP contribution in [0.25, 0.3) is 0 Å². The van der Waals surface area contributed by atoms with Gasteiger partial charge in [0.25, 0.3) is 0 Å². The summed E-state index contributed by atoms with van der Waals surface area (Å²) in [5.41, 5.74) is 2.79. The monoisotopic (exact) mass is 294 g/mol. The van der Waals surface area contributed by atoms with E-state index in [2.05, 4.69) is 41.5 Å². The Morgan fingerprint density at radius 1 is 1.35 bits per heavy atom. The third-order valence-electron chi connectivity index (χ3n) is 4.54. The van der Waals surface area contributed by atoms with Gasteiger partial charge in [0.2, 0.25) is 0 Å². The molecule has 1 aromatic rings. The molecular weight excluding hydrogens is 272 g/mol. The van der Waals surface area contributed by atoms with E-state index in [0.717, 1.165) is 26.1 Å². The molecule has 2 atom stereocenters. The SMILES string of the molecule is CN(CC1CNCc2ccccc21)C1CCS(=O)(=O)C1. The summed E-state index contributed by atoms with van der Waals surface area (Å²) in [6.07, 6.45) is 0.778. The van der Waals surface area contributed by atoms with E-state index >= 15 is 0 Å². The highest BCUT2D eigenvalue weighted by atomic mass is 32.2. The van der Waals surface area contributed by atoms with Crippen LogP contribution in [0, 0.1) is 0 Å². The number of sulfone groups is 1. The lowest BCUT2D eigenvalue weighted by molar-refractivity contribution is 0.240. The molecular formula is C15H22N2O2S. The van der Waals surface area contributed by atoms with Gasteiger partial charge >= 0.3 is 0 Å². The van der Waals surface area contributed by atoms with Crippen LogP contribution in [-0.4, -0.2) is 51.0 Å². The van der Waals surface area contributed by atoms with Crippen LogP contribution in [0.4, 0.5) is 0 Å². The van der Waals surface area contributed by atoms with Crippen molar-refractivity contribution >= 4 is 9.84 Å². The lowest BCUT2D eigenvalue weighted by atomic mass is 9.90. The Kier molecular flexibility index (Phi) is 3.84. The number of rotatable bonds is 3. The largest absolute Gasteiger partial charge is 0.312 e. The molecule has 1 fully saturated rings. The van der Waals surface area contributed by atoms with Crippen LogP contribution >= 0.6 is 0 Å². The molecule has 0 radical (unpaired) electrons. The van der Waals surface area contributed by atoms with E-state index in [1.54, 1.807) is 0 Å². The Hall–Kier alpha value is -0.910. The third-order valence-corrected chi connectivity index (χ3v) is 6.29. The van der Waals surface area contributed by atoms with Gasteiger partial charge in [-0.25, -0.2) is 8.42 Å². The van der Waals surface area contributed by atoms with E-state index in [1.165, 1.54) is 11.1 Å². The van der Waals surface area contributed by atoms with Gasteiger partial charge in [0, 0.05) is 31.6 Å². The minimum absolute atomic E-state index is 0.189. The molecule has 0 amide bonds. The maximum absolute atomic E-state index is 11.6. The zero-order valence-corrected chi connectivity index (χ0v) is 12.7. The summed E-state index contributed by atoms with van der Waals surface area (Å²) in [6.45, 7) is 2.83. The molecule has 2 heterocycles. The van der Waals surface area contributed by atoms with Crippen LogP contribution in [0.15, 0.2) is 24.3 Å². The molecule has 20 heavy (non-hydrogen) atoms. The van der Waals surface area contributed by atoms with Gasteiger partial charge in [0.05, 0.1) is 11.5 Å². The Labute approximate surface area is 121 Å². The highest BCUT2D eigenvalue weighted by molar-refractivity contribution is 7.91. The maximum atomic E-state index is 11.6. The van der Waals surface area contributed by atoms with Crippen molar-refractivity contribution in [3.8, 4) is 0 Å². The van der Waals surface area contributed by atoms with Gasteiger partial charge in [-0.2, -0.15) is 0 Å². The topological polar surface area (TPSA) is 49.4 Å². The first-order chi connectivity index (χ1) is 9.55. The number of hydrogen-bond acceptors (Lipinski definition) is 4. The van der Waals surface area contributed by atoms with Crippen molar-refractivity contribution in [2.75, 3.05) is 31.6 Å². The smallest absolute Gasteiger partial charge is 0.151 e. The van der Waals surface area contributed by atoms with Crippen LogP contribution in [0.3, 0.4) is 0 Å². The molecule has 0 saturated carbocycles. The zero-order valence-electron chi connectivity index (χ0n) is 11.9. The molecule has 4 nitrogen and oxygen atoms in total. The molecule has 5 heteroatoms. The molecule has 110 valence electrons. The summed E-state index contributed by atoms with van der Waals surface area (Å²) < 4.78 is 23.2. The first-order valence-corrected chi connectivity index (χ1v) is 9.06. The molecule has 2 aliphatic rings. The fourth-order valence-corrected chi connectivity index (χ4v) is 5.17. The second kappa shape index (κ2) is 5.47. The van der Waals surface area contributed by atoms with Crippen LogP contribution in [0.1, 0.15) is 23.5 Å². The van der Waals surface area contributed by atoms with Gasteiger partial charge in [-0.05, 0) is 24.6 Å². The molecule has 1 aromatic carbocycles. The predicted molar refractivity (Wildman–Crippen MR) is 80.6 cm³/mol. The Balaban J connectivity index is 1.70. The van der Waals surface area contributed by atoms with Crippen LogP contribution in [0.2, 0.25) is 0 Å². The number of benzene rings is 1. The van der Waals surface area contributed by atoms with Crippen molar-refractivity contribution in [3.63, 3.8) is 0 Å². The number of nitrogens with zero attached hydrogens (tertiary/aromatic N) is 1. The van der Waals surface area contributed by atoms with E-state index < -0.39 is 9.84 Å². The van der Waals surface area contributed by atoms with Crippen molar-refractivity contribution in [2.24, 2.45) is 0 Å². The van der Waals surface area contributed by atoms with Gasteiger partial charge in [-0.3, -0.25) is 0 Å². The average Bonchev–Trinajstić information content (AvgIpc) is 2.80. The number of likely N-dealkylation sites (N-methyl/N-ethyl adjacent to an activating group) is 1. The fraction of sp³-hybridized carbons (Fsp3) is 0.600. The molecule has 0 bridgehead atoms. The molecule has 1 N–H and O–H groups in total. The van der Waals surface area contributed by atoms with Crippen molar-refractivity contribution in [1.82, 2.24) is 10.2 Å². The molecule has 1 saturated heterocycles. The highest BCUT2D eigenvalue weighted by Crippen LogP contribution is 2.26. The molecule has 0 aliphatic carbocycles. The van der Waals surface area contributed by atoms with Crippen LogP contribution in [-0.2, 0) is 16.4 Å². The Morgan fingerprint density at radius 2 is 2.15 bits per heavy atom. The lowest BCUT2D eigenvalue weighted by Crippen LogP contribution is -2.40. The molecule has 3 rings (SSSR count). The summed E-state index contributed by atoms with van der Waals surface area (Å²) in [6, 6.07) is 8.75. The molecule has 0 spiro atoms. The fourth-order valence-electron chi connectivity index (χ4n) is 3.37. The molecule has 2 aliphatic heterocycles. The first kappa shape index (κ1) is 14.0. The highest BCUT2D eigenvalue weighted by Gasteiger charge is 2.32. The zero-order chi connectivity index (χ0) is 14.2. The van der Waals surface area contributed by atoms with E-state index in [9.17, 15) is 8.42 Å². The number of nitrogens with one attached hydrogen (secondary N) is 1. The summed E-state index contributed by atoms with van der Waals surface area (Å²) in [5, 5.41) is 3.46. The molecule has 0 aromatic heterocycles. The standard InChI is InChI=1S/C15H22N2O2S/c1-17(14-6-7-20(18,19)11-14)10-13-9-16-8-12-4-2-3-5-15(12)13/h2-5,13-14,16H,6-11H2,1H3. The lowest BCUT2D eigenvalue weighted by Gasteiger charge is -2.32. The quantitative estimate of drug-likeness (QED) is 0.903. The normalized spacial score (nSPS) is 28.5. The van der Waals surface area contributed by atoms with Crippen molar-refractivity contribution in [2.45, 2.75) is 24.9 Å². The molecule has 2 unspecified atom stereocenters. The Bertz CT molecular complexity index is 585. The summed E-state index contributed by atoms with van der Waals surface area (Å²) in [5.74, 6) is 1.13. The number of hydrogen-bond donors (Lipinski definition) is 1. The minimum Gasteiger partial charge on any atom is -0.312 e. The minimum atomic E-state index is -2.80. The van der Waals surface area contributed by atoms with Gasteiger partial charge in [-0.15, -0.1) is 0 Å². The van der Waals surface area contributed by atoms with Crippen LogP contribution in [0.5, 0.6) is 0 Å². The van der Waals surface area contributed by atoms with Crippen molar-refractivity contribution in [1.29, 1.82) is 0 Å². The van der Waals surface area contributed by atoms with E-state index in [4.69, 9.17) is 0 Å². The Morgan fingerprint density at radius 3 is 2.90 bits per heavy atom. The van der Waals surface area contributed by atoms with E-state index in [0.29, 0.717) is 17.4 Å². The summed E-state index contributed by atoms with van der Waals surface area (Å²) in [4.78, 5) is 2.24. The van der Waals surface area contributed by atoms with E-state index in [1.807, 2.05) is 0 Å². The van der Waals surface area contributed by atoms with Gasteiger partial charge in [0.1, 0.15) is 0 Å². The predicted octanol–water partition coefficient (Wildman–Crippen LogP) is 0.992. The van der Waals surface area contributed by atoms with Crippen molar-refractivity contribution < 1.29 is 8.42 Å². The van der Waals surface area contributed by atoms with Gasteiger partial charge in [-0.1, -0.05) is 24.3 Å². The second-order valence-corrected chi connectivity index (χ2v) is 8.25. The van der Waals surface area contributed by atoms with Gasteiger partial charge in [0.15, 0.2) is 9.84 Å². The maximum Gasteiger partial charge on any atom is 0.151 e. The summed E-state index contributed by atoms with van der Waals surface area (Å²) in [7, 11) is -0.741. The third kappa shape index (κ3) is 2.90. The van der Waals surface area contributed by atoms with Crippen molar-refractivity contribution in [3.05, 3.63) is 35.4 Å². The second-order valence-electron chi connectivity index (χ2n) is 6.02. The van der Waals surface area contributed by atoms with Gasteiger partial charge < -0.3 is 10.2 Å². The average molecular weight is 294 g/mol. The van der Waals surface area contributed by atoms with E-state index in [-0.39, 0.29) is 6.04 Å². The summed E-state index contributed by atoms with van der Waals surface area (Å²) >= 11 is 0. The number of fused-ring (bicyclic) bond motifs is 1.